The van der Waals surface area contributed by atoms with Crippen molar-refractivity contribution in [3.63, 3.8) is 0 Å². The van der Waals surface area contributed by atoms with Gasteiger partial charge in [0.1, 0.15) is 11.4 Å². The third-order valence-corrected chi connectivity index (χ3v) is 3.74. The summed E-state index contributed by atoms with van der Waals surface area (Å²) < 4.78 is 73.8. The van der Waals surface area contributed by atoms with Crippen molar-refractivity contribution in [3.05, 3.63) is 18.1 Å². The van der Waals surface area contributed by atoms with Crippen molar-refractivity contribution in [1.82, 2.24) is 15.1 Å². The van der Waals surface area contributed by atoms with E-state index >= 15 is 0 Å². The van der Waals surface area contributed by atoms with Gasteiger partial charge in [0.2, 0.25) is 0 Å². The molecule has 0 amide bonds. The van der Waals surface area contributed by atoms with Crippen molar-refractivity contribution in [3.8, 4) is 17.3 Å². The number of pyridine rings is 1. The Kier molecular flexibility index (Phi) is 4.51. The molecule has 0 atom stereocenters. The molecule has 2 aromatic heterocycles. The maximum absolute atomic E-state index is 13.1. The Balaban J connectivity index is 1.91. The minimum Gasteiger partial charge on any atom is -0.482 e. The predicted molar refractivity (Wildman–Crippen MR) is 84.9 cm³/mol. The maximum Gasteiger partial charge on any atom is 0.422 e. The van der Waals surface area contributed by atoms with Crippen molar-refractivity contribution in [1.29, 1.82) is 0 Å². The molecule has 1 fully saturated rings. The van der Waals surface area contributed by atoms with Crippen molar-refractivity contribution < 1.29 is 31.2 Å². The molecule has 2 aromatic rings. The molecule has 1 aliphatic rings. The number of rotatable bonds is 4. The van der Waals surface area contributed by atoms with Gasteiger partial charge in [-0.3, -0.25) is 0 Å². The average molecular weight is 392 g/mol. The number of hydrogen-bond acceptors (Lipinski definition) is 6. The van der Waals surface area contributed by atoms with Crippen LogP contribution in [0.1, 0.15) is 26.6 Å². The Bertz CT molecular complexity index is 821. The minimum atomic E-state index is -4.58. The van der Waals surface area contributed by atoms with Crippen molar-refractivity contribution in [2.24, 2.45) is 0 Å². The van der Waals surface area contributed by atoms with Crippen LogP contribution in [0, 0.1) is 0 Å². The molecule has 0 N–H and O–H groups in total. The summed E-state index contributed by atoms with van der Waals surface area (Å²) in [5.74, 6) is -2.74. The van der Waals surface area contributed by atoms with Crippen LogP contribution in [0.15, 0.2) is 16.8 Å². The molecule has 0 aromatic carbocycles. The number of anilines is 1. The molecule has 1 aliphatic heterocycles. The highest BCUT2D eigenvalue weighted by molar-refractivity contribution is 5.64. The molecule has 0 aliphatic carbocycles. The molecule has 11 heteroatoms. The molecule has 0 saturated carbocycles. The van der Waals surface area contributed by atoms with E-state index in [1.807, 2.05) is 20.8 Å². The Hall–Kier alpha value is -2.46. The Morgan fingerprint density at radius 3 is 2.41 bits per heavy atom. The van der Waals surface area contributed by atoms with Gasteiger partial charge in [0.05, 0.1) is 25.0 Å². The molecule has 0 bridgehead atoms. The van der Waals surface area contributed by atoms with E-state index in [0.717, 1.165) is 6.20 Å². The molecule has 0 radical (unpaired) electrons. The van der Waals surface area contributed by atoms with Gasteiger partial charge >= 0.3 is 6.18 Å². The SMILES string of the molecule is CC(C)(C)c1noc(-c2cc(OCC(F)(F)F)c(N3CC(F)(F)C3)cn2)n1. The molecule has 148 valence electrons. The zero-order valence-electron chi connectivity index (χ0n) is 14.8. The number of halogens is 5. The normalized spacial score (nSPS) is 17.0. The Morgan fingerprint density at radius 2 is 1.89 bits per heavy atom. The van der Waals surface area contributed by atoms with Gasteiger partial charge in [-0.15, -0.1) is 0 Å². The van der Waals surface area contributed by atoms with Crippen LogP contribution < -0.4 is 9.64 Å². The van der Waals surface area contributed by atoms with Gasteiger partial charge in [-0.05, 0) is 0 Å². The second-order valence-corrected chi connectivity index (χ2v) is 7.33. The lowest BCUT2D eigenvalue weighted by atomic mass is 9.96. The molecule has 0 unspecified atom stereocenters. The summed E-state index contributed by atoms with van der Waals surface area (Å²) in [5, 5.41) is 3.83. The minimum absolute atomic E-state index is 0.00253. The number of nitrogens with zero attached hydrogens (tertiary/aromatic N) is 4. The largest absolute Gasteiger partial charge is 0.482 e. The van der Waals surface area contributed by atoms with Crippen molar-refractivity contribution >= 4 is 5.69 Å². The highest BCUT2D eigenvalue weighted by atomic mass is 19.4. The molecule has 6 nitrogen and oxygen atoms in total. The predicted octanol–water partition coefficient (Wildman–Crippen LogP) is 3.83. The number of alkyl halides is 5. The molecule has 0 spiro atoms. The first-order chi connectivity index (χ1) is 12.3. The molecular formula is C16H17F5N4O2. The fourth-order valence-corrected chi connectivity index (χ4v) is 2.37. The summed E-state index contributed by atoms with van der Waals surface area (Å²) >= 11 is 0. The zero-order chi connectivity index (χ0) is 20.0. The fourth-order valence-electron chi connectivity index (χ4n) is 2.37. The van der Waals surface area contributed by atoms with Crippen LogP contribution in [-0.4, -0.2) is 46.9 Å². The topological polar surface area (TPSA) is 64.3 Å². The average Bonchev–Trinajstić information content (AvgIpc) is 2.99. The highest BCUT2D eigenvalue weighted by Crippen LogP contribution is 2.39. The second-order valence-electron chi connectivity index (χ2n) is 7.33. The summed E-state index contributed by atoms with van der Waals surface area (Å²) in [6.45, 7) is 2.78. The van der Waals surface area contributed by atoms with Gasteiger partial charge in [0.25, 0.3) is 11.8 Å². The quantitative estimate of drug-likeness (QED) is 0.737. The summed E-state index contributed by atoms with van der Waals surface area (Å²) in [6, 6.07) is 1.18. The molecular weight excluding hydrogens is 375 g/mol. The van der Waals surface area contributed by atoms with Crippen LogP contribution in [0.4, 0.5) is 27.6 Å². The lowest BCUT2D eigenvalue weighted by Crippen LogP contribution is -2.56. The smallest absolute Gasteiger partial charge is 0.422 e. The standard InChI is InChI=1S/C16H17F5N4O2/c1-14(2,3)13-23-12(27-24-13)9-4-11(26-8-16(19,20)21)10(5-22-9)25-6-15(17,18)7-25/h4-5H,6-8H2,1-3H3. The van der Waals surface area contributed by atoms with Crippen molar-refractivity contribution in [2.75, 3.05) is 24.6 Å². The second kappa shape index (κ2) is 6.31. The lowest BCUT2D eigenvalue weighted by molar-refractivity contribution is -0.153. The van der Waals surface area contributed by atoms with Gasteiger partial charge < -0.3 is 14.2 Å². The van der Waals surface area contributed by atoms with E-state index in [0.29, 0.717) is 5.82 Å². The Morgan fingerprint density at radius 1 is 1.22 bits per heavy atom. The fraction of sp³-hybridized carbons (Fsp3) is 0.562. The van der Waals surface area contributed by atoms with Crippen LogP contribution in [0.3, 0.4) is 0 Å². The highest BCUT2D eigenvalue weighted by Gasteiger charge is 2.45. The summed E-state index contributed by atoms with van der Waals surface area (Å²) in [5.41, 5.74) is -0.267. The maximum atomic E-state index is 13.1. The van der Waals surface area contributed by atoms with Crippen LogP contribution in [0.5, 0.6) is 5.75 Å². The summed E-state index contributed by atoms with van der Waals surface area (Å²) in [4.78, 5) is 9.43. The van der Waals surface area contributed by atoms with Gasteiger partial charge in [-0.1, -0.05) is 25.9 Å². The summed E-state index contributed by atoms with van der Waals surface area (Å²) in [7, 11) is 0. The summed E-state index contributed by atoms with van der Waals surface area (Å²) in [6.07, 6.45) is -3.42. The first-order valence-electron chi connectivity index (χ1n) is 8.01. The van der Waals surface area contributed by atoms with Gasteiger partial charge in [0, 0.05) is 11.5 Å². The van der Waals surface area contributed by atoms with E-state index in [1.54, 1.807) is 0 Å². The first-order valence-corrected chi connectivity index (χ1v) is 8.01. The van der Waals surface area contributed by atoms with Crippen LogP contribution in [0.2, 0.25) is 0 Å². The van der Waals surface area contributed by atoms with Gasteiger partial charge in [-0.2, -0.15) is 18.2 Å². The van der Waals surface area contributed by atoms with E-state index in [-0.39, 0.29) is 23.0 Å². The van der Waals surface area contributed by atoms with Crippen LogP contribution >= 0.6 is 0 Å². The van der Waals surface area contributed by atoms with E-state index in [9.17, 15) is 22.0 Å². The number of hydrogen-bond donors (Lipinski definition) is 0. The third kappa shape index (κ3) is 4.45. The van der Waals surface area contributed by atoms with Gasteiger partial charge in [0.15, 0.2) is 12.4 Å². The van der Waals surface area contributed by atoms with Crippen LogP contribution in [0.25, 0.3) is 11.6 Å². The van der Waals surface area contributed by atoms with E-state index in [2.05, 4.69) is 15.1 Å². The number of aromatic nitrogens is 3. The Labute approximate surface area is 151 Å². The molecule has 1 saturated heterocycles. The third-order valence-electron chi connectivity index (χ3n) is 3.74. The van der Waals surface area contributed by atoms with Crippen LogP contribution in [-0.2, 0) is 5.41 Å². The number of ether oxygens (including phenoxy) is 1. The van der Waals surface area contributed by atoms with E-state index < -0.39 is 37.2 Å². The van der Waals surface area contributed by atoms with Crippen molar-refractivity contribution in [2.45, 2.75) is 38.3 Å². The molecule has 27 heavy (non-hydrogen) atoms. The van der Waals surface area contributed by atoms with E-state index in [1.165, 1.54) is 11.0 Å². The van der Waals surface area contributed by atoms with Gasteiger partial charge in [-0.25, -0.2) is 13.8 Å². The monoisotopic (exact) mass is 392 g/mol. The van der Waals surface area contributed by atoms with E-state index in [4.69, 9.17) is 9.26 Å². The molecule has 3 rings (SSSR count). The first kappa shape index (κ1) is 19.3. The zero-order valence-corrected chi connectivity index (χ0v) is 14.8. The lowest BCUT2D eigenvalue weighted by Gasteiger charge is -2.40. The molecule has 3 heterocycles.